The summed E-state index contributed by atoms with van der Waals surface area (Å²) < 4.78 is 5.54. The molecule has 1 amide bonds. The molecule has 3 aromatic rings. The molecule has 2 heterocycles. The maximum atomic E-state index is 12.6. The first-order valence-corrected chi connectivity index (χ1v) is 9.90. The summed E-state index contributed by atoms with van der Waals surface area (Å²) in [4.78, 5) is 18.1. The second-order valence-corrected chi connectivity index (χ2v) is 7.44. The maximum Gasteiger partial charge on any atom is 0.251 e. The predicted molar refractivity (Wildman–Crippen MR) is 108 cm³/mol. The van der Waals surface area contributed by atoms with Crippen molar-refractivity contribution in [2.75, 3.05) is 12.4 Å². The first kappa shape index (κ1) is 17.8. The Hall–Kier alpha value is -2.63. The van der Waals surface area contributed by atoms with E-state index in [1.807, 2.05) is 48.5 Å². The van der Waals surface area contributed by atoms with Crippen molar-refractivity contribution in [1.82, 2.24) is 10.3 Å². The van der Waals surface area contributed by atoms with Crippen molar-refractivity contribution in [2.24, 2.45) is 0 Å². The first-order chi connectivity index (χ1) is 13.3. The van der Waals surface area contributed by atoms with E-state index in [1.54, 1.807) is 18.0 Å². The third-order valence-corrected chi connectivity index (χ3v) is 5.49. The zero-order chi connectivity index (χ0) is 18.5. The van der Waals surface area contributed by atoms with E-state index in [4.69, 9.17) is 4.74 Å². The van der Waals surface area contributed by atoms with Crippen molar-refractivity contribution in [1.29, 1.82) is 0 Å². The number of hydrogen-bond donors (Lipinski definition) is 1. The summed E-state index contributed by atoms with van der Waals surface area (Å²) >= 11 is 1.74. The van der Waals surface area contributed by atoms with Crippen LogP contribution in [0, 0.1) is 0 Å². The average molecular weight is 376 g/mol. The number of aromatic nitrogens is 1. The number of carbonyl (C=O) groups excluding carboxylic acids is 1. The van der Waals surface area contributed by atoms with E-state index in [0.717, 1.165) is 39.6 Å². The van der Waals surface area contributed by atoms with Gasteiger partial charge >= 0.3 is 0 Å². The molecule has 0 saturated heterocycles. The van der Waals surface area contributed by atoms with Crippen LogP contribution >= 0.6 is 11.8 Å². The molecule has 0 spiro atoms. The first-order valence-electron chi connectivity index (χ1n) is 8.91. The normalized spacial score (nSPS) is 13.5. The highest BCUT2D eigenvalue weighted by atomic mass is 32.2. The van der Waals surface area contributed by atoms with Crippen LogP contribution in [0.25, 0.3) is 11.1 Å². The lowest BCUT2D eigenvalue weighted by Crippen LogP contribution is -2.23. The van der Waals surface area contributed by atoms with Gasteiger partial charge in [0, 0.05) is 22.4 Å². The number of thioether (sulfide) groups is 1. The Balaban J connectivity index is 1.45. The topological polar surface area (TPSA) is 51.2 Å². The Morgan fingerprint density at radius 2 is 1.96 bits per heavy atom. The molecule has 1 N–H and O–H groups in total. The third-order valence-electron chi connectivity index (χ3n) is 4.43. The number of benzene rings is 2. The van der Waals surface area contributed by atoms with Crippen molar-refractivity contribution in [3.8, 4) is 11.1 Å². The van der Waals surface area contributed by atoms with Crippen molar-refractivity contribution in [2.45, 2.75) is 18.0 Å². The zero-order valence-corrected chi connectivity index (χ0v) is 15.7. The van der Waals surface area contributed by atoms with Crippen LogP contribution < -0.4 is 5.32 Å². The van der Waals surface area contributed by atoms with E-state index in [1.165, 1.54) is 0 Å². The minimum absolute atomic E-state index is 0.0875. The summed E-state index contributed by atoms with van der Waals surface area (Å²) in [6.45, 7) is 1.75. The SMILES string of the molecule is O=C(NCc1cc(-c2ccccc2)ccn1)c1ccc2c(c1)SCCOC2. The lowest BCUT2D eigenvalue weighted by atomic mass is 10.1. The van der Waals surface area contributed by atoms with Crippen LogP contribution in [0.15, 0.2) is 71.8 Å². The molecule has 1 aromatic heterocycles. The predicted octanol–water partition coefficient (Wildman–Crippen LogP) is 4.30. The van der Waals surface area contributed by atoms with Crippen LogP contribution in [0.3, 0.4) is 0 Å². The maximum absolute atomic E-state index is 12.6. The van der Waals surface area contributed by atoms with Gasteiger partial charge in [0.2, 0.25) is 0 Å². The molecule has 0 fully saturated rings. The Morgan fingerprint density at radius 1 is 1.07 bits per heavy atom. The number of carbonyl (C=O) groups is 1. The minimum Gasteiger partial charge on any atom is -0.376 e. The Bertz CT molecular complexity index is 944. The Labute approximate surface area is 163 Å². The van der Waals surface area contributed by atoms with E-state index in [9.17, 15) is 4.79 Å². The fourth-order valence-corrected chi connectivity index (χ4v) is 3.94. The van der Waals surface area contributed by atoms with Crippen LogP contribution in [0.1, 0.15) is 21.6 Å². The summed E-state index contributed by atoms with van der Waals surface area (Å²) in [6, 6.07) is 19.9. The van der Waals surface area contributed by atoms with Crippen LogP contribution in [-0.2, 0) is 17.9 Å². The number of pyridine rings is 1. The van der Waals surface area contributed by atoms with Gasteiger partial charge in [-0.15, -0.1) is 11.8 Å². The van der Waals surface area contributed by atoms with Gasteiger partial charge in [-0.2, -0.15) is 0 Å². The van der Waals surface area contributed by atoms with Crippen molar-refractivity contribution in [3.05, 3.63) is 83.7 Å². The van der Waals surface area contributed by atoms with Crippen molar-refractivity contribution in [3.63, 3.8) is 0 Å². The standard InChI is InChI=1S/C22H20N2O2S/c25-22(18-6-7-19-15-26-10-11-27-21(19)13-18)24-14-20-12-17(8-9-23-20)16-4-2-1-3-5-16/h1-9,12-13H,10-11,14-15H2,(H,24,25). The molecule has 0 bridgehead atoms. The molecular weight excluding hydrogens is 356 g/mol. The highest BCUT2D eigenvalue weighted by Gasteiger charge is 2.13. The number of ether oxygens (including phenoxy) is 1. The molecule has 2 aromatic carbocycles. The monoisotopic (exact) mass is 376 g/mol. The smallest absolute Gasteiger partial charge is 0.251 e. The number of fused-ring (bicyclic) bond motifs is 1. The van der Waals surface area contributed by atoms with Crippen molar-refractivity contribution < 1.29 is 9.53 Å². The minimum atomic E-state index is -0.0875. The van der Waals surface area contributed by atoms with Gasteiger partial charge in [0.05, 0.1) is 25.5 Å². The summed E-state index contributed by atoms with van der Waals surface area (Å²) in [6.07, 6.45) is 1.78. The number of nitrogens with one attached hydrogen (secondary N) is 1. The molecule has 0 atom stereocenters. The second-order valence-electron chi connectivity index (χ2n) is 6.31. The molecule has 4 nitrogen and oxygen atoms in total. The van der Waals surface area contributed by atoms with Gasteiger partial charge in [0.1, 0.15) is 0 Å². The van der Waals surface area contributed by atoms with Crippen LogP contribution in [0.5, 0.6) is 0 Å². The highest BCUT2D eigenvalue weighted by Crippen LogP contribution is 2.27. The van der Waals surface area contributed by atoms with Gasteiger partial charge in [-0.1, -0.05) is 36.4 Å². The molecule has 0 unspecified atom stereocenters. The van der Waals surface area contributed by atoms with E-state index in [0.29, 0.717) is 18.7 Å². The lowest BCUT2D eigenvalue weighted by Gasteiger charge is -2.09. The molecule has 136 valence electrons. The van der Waals surface area contributed by atoms with Gasteiger partial charge in [0.15, 0.2) is 0 Å². The van der Waals surface area contributed by atoms with E-state index in [2.05, 4.69) is 22.4 Å². The third kappa shape index (κ3) is 4.38. The molecule has 0 aliphatic carbocycles. The Morgan fingerprint density at radius 3 is 2.85 bits per heavy atom. The summed E-state index contributed by atoms with van der Waals surface area (Å²) in [5.74, 6) is 0.823. The quantitative estimate of drug-likeness (QED) is 0.738. The number of nitrogens with zero attached hydrogens (tertiary/aromatic N) is 1. The average Bonchev–Trinajstić information content (AvgIpc) is 2.98. The van der Waals surface area contributed by atoms with E-state index < -0.39 is 0 Å². The molecule has 1 aliphatic heterocycles. The Kier molecular flexibility index (Phi) is 5.51. The van der Waals surface area contributed by atoms with Gasteiger partial charge in [-0.25, -0.2) is 0 Å². The van der Waals surface area contributed by atoms with Gasteiger partial charge in [0.25, 0.3) is 5.91 Å². The van der Waals surface area contributed by atoms with E-state index in [-0.39, 0.29) is 5.91 Å². The van der Waals surface area contributed by atoms with Gasteiger partial charge in [-0.05, 0) is 41.0 Å². The van der Waals surface area contributed by atoms with Crippen LogP contribution in [-0.4, -0.2) is 23.3 Å². The molecule has 1 aliphatic rings. The molecule has 0 saturated carbocycles. The molecule has 27 heavy (non-hydrogen) atoms. The molecule has 4 rings (SSSR count). The summed E-state index contributed by atoms with van der Waals surface area (Å²) in [7, 11) is 0. The number of hydrogen-bond acceptors (Lipinski definition) is 4. The van der Waals surface area contributed by atoms with E-state index >= 15 is 0 Å². The molecule has 5 heteroatoms. The van der Waals surface area contributed by atoms with Crippen LogP contribution in [0.2, 0.25) is 0 Å². The molecule has 0 radical (unpaired) electrons. The summed E-state index contributed by atoms with van der Waals surface area (Å²) in [5, 5.41) is 2.97. The zero-order valence-electron chi connectivity index (χ0n) is 14.9. The number of rotatable bonds is 4. The second kappa shape index (κ2) is 8.37. The van der Waals surface area contributed by atoms with Gasteiger partial charge < -0.3 is 10.1 Å². The van der Waals surface area contributed by atoms with Crippen LogP contribution in [0.4, 0.5) is 0 Å². The lowest BCUT2D eigenvalue weighted by molar-refractivity contribution is 0.0950. The fourth-order valence-electron chi connectivity index (χ4n) is 3.00. The summed E-state index contributed by atoms with van der Waals surface area (Å²) in [5.41, 5.74) is 4.88. The molecular formula is C22H20N2O2S. The largest absolute Gasteiger partial charge is 0.376 e. The van der Waals surface area contributed by atoms with Crippen molar-refractivity contribution >= 4 is 17.7 Å². The number of amides is 1. The van der Waals surface area contributed by atoms with Gasteiger partial charge in [-0.3, -0.25) is 9.78 Å². The fraction of sp³-hybridized carbons (Fsp3) is 0.182. The highest BCUT2D eigenvalue weighted by molar-refractivity contribution is 7.99.